The molecule has 13 heavy (non-hydrogen) atoms. The van der Waals surface area contributed by atoms with Gasteiger partial charge in [0.25, 0.3) is 0 Å². The van der Waals surface area contributed by atoms with Crippen molar-refractivity contribution in [3.8, 4) is 0 Å². The van der Waals surface area contributed by atoms with Crippen molar-refractivity contribution in [1.29, 1.82) is 0 Å². The highest BCUT2D eigenvalue weighted by atomic mass is 32.2. The van der Waals surface area contributed by atoms with Crippen molar-refractivity contribution >= 4 is 11.8 Å². The number of aliphatic hydroxyl groups is 1. The maximum atomic E-state index is 9.04. The molecule has 78 valence electrons. The van der Waals surface area contributed by atoms with Crippen LogP contribution in [0.1, 0.15) is 20.3 Å². The fourth-order valence-corrected chi connectivity index (χ4v) is 2.65. The van der Waals surface area contributed by atoms with Gasteiger partial charge in [0.05, 0.1) is 6.61 Å². The van der Waals surface area contributed by atoms with E-state index in [1.54, 1.807) is 0 Å². The summed E-state index contributed by atoms with van der Waals surface area (Å²) in [4.78, 5) is 2.48. The van der Waals surface area contributed by atoms with Gasteiger partial charge in [-0.2, -0.15) is 11.8 Å². The molecule has 1 atom stereocenters. The van der Waals surface area contributed by atoms with Crippen LogP contribution in [0.5, 0.6) is 0 Å². The maximum Gasteiger partial charge on any atom is 0.0562 e. The topological polar surface area (TPSA) is 23.5 Å². The van der Waals surface area contributed by atoms with Gasteiger partial charge in [-0.05, 0) is 18.9 Å². The summed E-state index contributed by atoms with van der Waals surface area (Å²) in [6, 6.07) is 0. The third kappa shape index (κ3) is 4.34. The van der Waals surface area contributed by atoms with Crippen LogP contribution in [0.25, 0.3) is 0 Å². The third-order valence-electron chi connectivity index (χ3n) is 2.45. The van der Waals surface area contributed by atoms with Crippen LogP contribution in [0.15, 0.2) is 0 Å². The normalized spacial score (nSPS) is 25.4. The van der Waals surface area contributed by atoms with Gasteiger partial charge >= 0.3 is 0 Å². The maximum absolute atomic E-state index is 9.04. The van der Waals surface area contributed by atoms with Gasteiger partial charge in [0.2, 0.25) is 0 Å². The van der Waals surface area contributed by atoms with Gasteiger partial charge in [-0.15, -0.1) is 0 Å². The highest BCUT2D eigenvalue weighted by Gasteiger charge is 2.18. The molecule has 0 aromatic carbocycles. The molecule has 0 amide bonds. The summed E-state index contributed by atoms with van der Waals surface area (Å²) in [5, 5.41) is 9.50. The van der Waals surface area contributed by atoms with Gasteiger partial charge in [-0.3, -0.25) is 0 Å². The lowest BCUT2D eigenvalue weighted by atomic mass is 10.1. The third-order valence-corrected chi connectivity index (χ3v) is 3.64. The van der Waals surface area contributed by atoms with Crippen molar-refractivity contribution in [1.82, 2.24) is 4.90 Å². The molecule has 0 aromatic rings. The molecule has 2 nitrogen and oxygen atoms in total. The van der Waals surface area contributed by atoms with E-state index in [2.05, 4.69) is 18.7 Å². The average Bonchev–Trinajstić information content (AvgIpc) is 2.15. The van der Waals surface area contributed by atoms with Crippen LogP contribution in [0.2, 0.25) is 0 Å². The van der Waals surface area contributed by atoms with Crippen LogP contribution in [0.4, 0.5) is 0 Å². The Balaban J connectivity index is 2.18. The van der Waals surface area contributed by atoms with Crippen LogP contribution < -0.4 is 0 Å². The van der Waals surface area contributed by atoms with E-state index in [0.717, 1.165) is 12.5 Å². The minimum absolute atomic E-state index is 0.336. The van der Waals surface area contributed by atoms with Crippen molar-refractivity contribution in [3.63, 3.8) is 0 Å². The molecule has 1 rings (SSSR count). The lowest BCUT2D eigenvalue weighted by Crippen LogP contribution is -2.40. The van der Waals surface area contributed by atoms with Crippen molar-refractivity contribution in [3.05, 3.63) is 0 Å². The summed E-state index contributed by atoms with van der Waals surface area (Å²) in [6.07, 6.45) is 1.28. The van der Waals surface area contributed by atoms with Crippen LogP contribution >= 0.6 is 11.8 Å². The fourth-order valence-electron chi connectivity index (χ4n) is 1.53. The Bertz CT molecular complexity index is 141. The molecular formula is C10H21NOS. The monoisotopic (exact) mass is 203 g/mol. The largest absolute Gasteiger partial charge is 0.395 e. The second-order valence-electron chi connectivity index (χ2n) is 4.16. The Kier molecular flexibility index (Phi) is 5.14. The van der Waals surface area contributed by atoms with Crippen LogP contribution in [0.3, 0.4) is 0 Å². The highest BCUT2D eigenvalue weighted by molar-refractivity contribution is 8.00. The second-order valence-corrected chi connectivity index (χ2v) is 5.57. The van der Waals surface area contributed by atoms with E-state index in [1.165, 1.54) is 25.3 Å². The second kappa shape index (κ2) is 5.89. The van der Waals surface area contributed by atoms with Crippen molar-refractivity contribution in [2.75, 3.05) is 32.0 Å². The van der Waals surface area contributed by atoms with Crippen LogP contribution in [-0.4, -0.2) is 47.3 Å². The molecule has 1 aliphatic heterocycles. The Morgan fingerprint density at radius 3 is 2.92 bits per heavy atom. The highest BCUT2D eigenvalue weighted by Crippen LogP contribution is 2.18. The molecule has 1 heterocycles. The first-order valence-electron chi connectivity index (χ1n) is 5.17. The van der Waals surface area contributed by atoms with E-state index in [1.807, 2.05) is 11.8 Å². The minimum atomic E-state index is 0.336. The zero-order valence-corrected chi connectivity index (χ0v) is 9.52. The number of hydrogen-bond acceptors (Lipinski definition) is 3. The predicted molar refractivity (Wildman–Crippen MR) is 59.2 cm³/mol. The van der Waals surface area contributed by atoms with Crippen LogP contribution in [-0.2, 0) is 0 Å². The lowest BCUT2D eigenvalue weighted by Gasteiger charge is -2.31. The number of rotatable bonds is 4. The van der Waals surface area contributed by atoms with Gasteiger partial charge in [-0.25, -0.2) is 0 Å². The first kappa shape index (κ1) is 11.3. The van der Waals surface area contributed by atoms with Crippen LogP contribution in [0, 0.1) is 5.92 Å². The zero-order valence-electron chi connectivity index (χ0n) is 8.70. The molecule has 1 N–H and O–H groups in total. The molecule has 1 aliphatic rings. The molecule has 0 spiro atoms. The molecule has 0 aromatic heterocycles. The van der Waals surface area contributed by atoms with E-state index in [0.29, 0.717) is 11.9 Å². The molecule has 0 saturated carbocycles. The number of thioether (sulfide) groups is 1. The summed E-state index contributed by atoms with van der Waals surface area (Å²) < 4.78 is 0. The Morgan fingerprint density at radius 2 is 2.31 bits per heavy atom. The summed E-state index contributed by atoms with van der Waals surface area (Å²) in [7, 11) is 0. The number of hydrogen-bond donors (Lipinski definition) is 1. The lowest BCUT2D eigenvalue weighted by molar-refractivity contribution is 0.223. The van der Waals surface area contributed by atoms with E-state index in [-0.39, 0.29) is 0 Å². The minimum Gasteiger partial charge on any atom is -0.395 e. The smallest absolute Gasteiger partial charge is 0.0562 e. The molecule has 1 fully saturated rings. The van der Waals surface area contributed by atoms with Gasteiger partial charge in [0.15, 0.2) is 0 Å². The first-order valence-corrected chi connectivity index (χ1v) is 6.22. The van der Waals surface area contributed by atoms with E-state index in [4.69, 9.17) is 5.11 Å². The first-order chi connectivity index (χ1) is 6.22. The van der Waals surface area contributed by atoms with E-state index < -0.39 is 0 Å². The average molecular weight is 203 g/mol. The molecule has 3 heteroatoms. The van der Waals surface area contributed by atoms with Crippen molar-refractivity contribution in [2.24, 2.45) is 5.92 Å². The molecule has 1 saturated heterocycles. The van der Waals surface area contributed by atoms with Gasteiger partial charge in [0.1, 0.15) is 0 Å². The standard InChI is InChI=1S/C10H21NOS/c1-9(2)3-4-11-5-6-13-10(7-11)8-12/h9-10,12H,3-8H2,1-2H3/t10-/m1/s1. The SMILES string of the molecule is CC(C)CCN1CCS[C@@H](CO)C1. The molecule has 0 unspecified atom stereocenters. The molecular weight excluding hydrogens is 182 g/mol. The molecule has 0 radical (unpaired) electrons. The Morgan fingerprint density at radius 1 is 1.54 bits per heavy atom. The number of aliphatic hydroxyl groups excluding tert-OH is 1. The van der Waals surface area contributed by atoms with Gasteiger partial charge in [-0.1, -0.05) is 13.8 Å². The van der Waals surface area contributed by atoms with Gasteiger partial charge < -0.3 is 10.0 Å². The summed E-state index contributed by atoms with van der Waals surface area (Å²) in [5.41, 5.74) is 0. The fraction of sp³-hybridized carbons (Fsp3) is 1.00. The van der Waals surface area contributed by atoms with Crippen molar-refractivity contribution < 1.29 is 5.11 Å². The summed E-state index contributed by atoms with van der Waals surface area (Å²) in [5.74, 6) is 1.98. The zero-order chi connectivity index (χ0) is 9.68. The quantitative estimate of drug-likeness (QED) is 0.748. The van der Waals surface area contributed by atoms with E-state index >= 15 is 0 Å². The number of nitrogens with zero attached hydrogens (tertiary/aromatic N) is 1. The van der Waals surface area contributed by atoms with Crippen molar-refractivity contribution in [2.45, 2.75) is 25.5 Å². The Hall–Kier alpha value is 0.270. The predicted octanol–water partition coefficient (Wildman–Crippen LogP) is 1.44. The summed E-state index contributed by atoms with van der Waals surface area (Å²) >= 11 is 1.91. The summed E-state index contributed by atoms with van der Waals surface area (Å²) in [6.45, 7) is 8.35. The van der Waals surface area contributed by atoms with E-state index in [9.17, 15) is 0 Å². The van der Waals surface area contributed by atoms with Gasteiger partial charge in [0, 0.05) is 24.1 Å². The molecule has 0 aliphatic carbocycles. The Labute approximate surface area is 85.7 Å². The molecule has 0 bridgehead atoms.